The molecule has 0 radical (unpaired) electrons. The Morgan fingerprint density at radius 1 is 0.412 bits per heavy atom. The van der Waals surface area contributed by atoms with E-state index in [-0.39, 0.29) is 0 Å². The zero-order valence-electron chi connectivity index (χ0n) is 18.0. The lowest BCUT2D eigenvalue weighted by Gasteiger charge is -2.14. The van der Waals surface area contributed by atoms with Gasteiger partial charge in [0.2, 0.25) is 0 Å². The quantitative estimate of drug-likeness (QED) is 0.209. The zero-order valence-corrected chi connectivity index (χ0v) is 21.2. The molecule has 2 nitrogen and oxygen atoms in total. The summed E-state index contributed by atoms with van der Waals surface area (Å²) in [6.07, 6.45) is 0. The standard InChI is InChI=1S/C30H18Br2N2/c31-25-15-23(21-11-5-9-19-17-7-1-3-13-27(17)33-29(19)21)24(16-26(25)32)22-12-6-10-20-18-8-2-4-14-28(18)34-30(20)22/h1-16,33-34H. The minimum atomic E-state index is 1.03. The van der Waals surface area contributed by atoms with Gasteiger partial charge in [-0.3, -0.25) is 0 Å². The number of aromatic nitrogens is 2. The fourth-order valence-corrected chi connectivity index (χ4v) is 5.87. The van der Waals surface area contributed by atoms with E-state index in [2.05, 4.69) is 139 Å². The Balaban J connectivity index is 1.58. The first-order chi connectivity index (χ1) is 16.7. The molecular formula is C30H18Br2N2. The number of nitrogens with one attached hydrogen (secondary N) is 2. The molecule has 2 heterocycles. The van der Waals surface area contributed by atoms with Gasteiger partial charge in [0, 0.05) is 52.7 Å². The highest BCUT2D eigenvalue weighted by Gasteiger charge is 2.18. The zero-order chi connectivity index (χ0) is 22.8. The lowest BCUT2D eigenvalue weighted by atomic mass is 9.92. The van der Waals surface area contributed by atoms with Gasteiger partial charge in [0.25, 0.3) is 0 Å². The number of hydrogen-bond donors (Lipinski definition) is 2. The van der Waals surface area contributed by atoms with E-state index < -0.39 is 0 Å². The van der Waals surface area contributed by atoms with Crippen molar-refractivity contribution in [3.05, 3.63) is 106 Å². The number of rotatable bonds is 2. The molecule has 7 rings (SSSR count). The van der Waals surface area contributed by atoms with Crippen molar-refractivity contribution in [3.8, 4) is 22.3 Å². The molecule has 0 amide bonds. The van der Waals surface area contributed by atoms with Crippen molar-refractivity contribution in [2.24, 2.45) is 0 Å². The van der Waals surface area contributed by atoms with Gasteiger partial charge >= 0.3 is 0 Å². The van der Waals surface area contributed by atoms with Gasteiger partial charge in [0.15, 0.2) is 0 Å². The lowest BCUT2D eigenvalue weighted by Crippen LogP contribution is -1.89. The van der Waals surface area contributed by atoms with Crippen LogP contribution in [0.4, 0.5) is 0 Å². The van der Waals surface area contributed by atoms with Gasteiger partial charge < -0.3 is 9.97 Å². The molecule has 5 aromatic carbocycles. The first-order valence-electron chi connectivity index (χ1n) is 11.2. The molecule has 0 spiro atoms. The third kappa shape index (κ3) is 2.92. The van der Waals surface area contributed by atoms with Crippen LogP contribution in [-0.4, -0.2) is 9.97 Å². The molecule has 7 aromatic rings. The van der Waals surface area contributed by atoms with E-state index in [1.165, 1.54) is 43.8 Å². The highest BCUT2D eigenvalue weighted by molar-refractivity contribution is 9.13. The third-order valence-electron chi connectivity index (χ3n) is 6.72. The molecular weight excluding hydrogens is 548 g/mol. The average molecular weight is 566 g/mol. The van der Waals surface area contributed by atoms with E-state index in [1.54, 1.807) is 0 Å². The number of aromatic amines is 2. The van der Waals surface area contributed by atoms with Crippen LogP contribution in [0.1, 0.15) is 0 Å². The van der Waals surface area contributed by atoms with Gasteiger partial charge in [0.1, 0.15) is 0 Å². The van der Waals surface area contributed by atoms with Crippen LogP contribution < -0.4 is 0 Å². The Morgan fingerprint density at radius 3 is 1.29 bits per heavy atom. The van der Waals surface area contributed by atoms with Crippen LogP contribution in [0.3, 0.4) is 0 Å². The van der Waals surface area contributed by atoms with Crippen LogP contribution in [0.25, 0.3) is 65.9 Å². The van der Waals surface area contributed by atoms with Gasteiger partial charge in [0.05, 0.1) is 11.0 Å². The van der Waals surface area contributed by atoms with Crippen LogP contribution >= 0.6 is 31.9 Å². The Hall–Kier alpha value is -3.34. The van der Waals surface area contributed by atoms with E-state index in [9.17, 15) is 0 Å². The predicted molar refractivity (Wildman–Crippen MR) is 151 cm³/mol. The normalized spacial score (nSPS) is 11.8. The number of H-pyrrole nitrogens is 2. The Labute approximate surface area is 212 Å². The SMILES string of the molecule is Brc1cc(-c2cccc3c2[nH]c2ccccc23)c(-c2cccc3c2[nH]c2ccccc23)cc1Br. The van der Waals surface area contributed by atoms with E-state index in [4.69, 9.17) is 0 Å². The highest BCUT2D eigenvalue weighted by atomic mass is 79.9. The minimum absolute atomic E-state index is 1.03. The Kier molecular flexibility index (Phi) is 4.48. The minimum Gasteiger partial charge on any atom is -0.354 e. The monoisotopic (exact) mass is 564 g/mol. The van der Waals surface area contributed by atoms with Crippen LogP contribution in [0.15, 0.2) is 106 Å². The van der Waals surface area contributed by atoms with Crippen molar-refractivity contribution in [1.29, 1.82) is 0 Å². The van der Waals surface area contributed by atoms with E-state index in [0.717, 1.165) is 31.0 Å². The molecule has 2 aromatic heterocycles. The number of hydrogen-bond acceptors (Lipinski definition) is 0. The maximum Gasteiger partial charge on any atom is 0.0544 e. The highest BCUT2D eigenvalue weighted by Crippen LogP contribution is 2.44. The number of halogens is 2. The number of benzene rings is 5. The summed E-state index contributed by atoms with van der Waals surface area (Å²) in [6.45, 7) is 0. The Morgan fingerprint density at radius 2 is 0.824 bits per heavy atom. The van der Waals surface area contributed by atoms with E-state index in [1.807, 2.05) is 0 Å². The van der Waals surface area contributed by atoms with Gasteiger partial charge in [-0.2, -0.15) is 0 Å². The second-order valence-corrected chi connectivity index (χ2v) is 10.3. The van der Waals surface area contributed by atoms with Crippen molar-refractivity contribution >= 4 is 75.5 Å². The summed E-state index contributed by atoms with van der Waals surface area (Å²) < 4.78 is 2.06. The van der Waals surface area contributed by atoms with Gasteiger partial charge in [-0.15, -0.1) is 0 Å². The summed E-state index contributed by atoms with van der Waals surface area (Å²) >= 11 is 7.52. The lowest BCUT2D eigenvalue weighted by molar-refractivity contribution is 1.50. The fourth-order valence-electron chi connectivity index (χ4n) is 5.19. The molecule has 0 bridgehead atoms. The number of fused-ring (bicyclic) bond motifs is 6. The molecule has 162 valence electrons. The first-order valence-corrected chi connectivity index (χ1v) is 12.8. The van der Waals surface area contributed by atoms with Crippen molar-refractivity contribution in [2.45, 2.75) is 0 Å². The molecule has 0 aliphatic rings. The molecule has 2 N–H and O–H groups in total. The summed E-state index contributed by atoms with van der Waals surface area (Å²) in [7, 11) is 0. The molecule has 0 saturated heterocycles. The van der Waals surface area contributed by atoms with Crippen molar-refractivity contribution in [1.82, 2.24) is 9.97 Å². The van der Waals surface area contributed by atoms with Gasteiger partial charge in [-0.1, -0.05) is 72.8 Å². The summed E-state index contributed by atoms with van der Waals surface area (Å²) in [4.78, 5) is 7.36. The second-order valence-electron chi connectivity index (χ2n) is 8.61. The first kappa shape index (κ1) is 20.1. The maximum atomic E-state index is 3.76. The topological polar surface area (TPSA) is 31.6 Å². The maximum absolute atomic E-state index is 3.76. The third-order valence-corrected chi connectivity index (χ3v) is 8.57. The molecule has 0 unspecified atom stereocenters. The largest absolute Gasteiger partial charge is 0.354 e. The molecule has 4 heteroatoms. The van der Waals surface area contributed by atoms with Gasteiger partial charge in [-0.05, 0) is 67.3 Å². The molecule has 0 aliphatic carbocycles. The second kappa shape index (κ2) is 7.59. The smallest absolute Gasteiger partial charge is 0.0544 e. The summed E-state index contributed by atoms with van der Waals surface area (Å²) in [5.41, 5.74) is 9.35. The van der Waals surface area contributed by atoms with Crippen molar-refractivity contribution in [2.75, 3.05) is 0 Å². The summed E-state index contributed by atoms with van der Waals surface area (Å²) in [5, 5.41) is 4.97. The summed E-state index contributed by atoms with van der Waals surface area (Å²) in [6, 6.07) is 34.6. The molecule has 0 aliphatic heterocycles. The Bertz CT molecular complexity index is 1750. The van der Waals surface area contributed by atoms with Crippen LogP contribution in [0, 0.1) is 0 Å². The van der Waals surface area contributed by atoms with E-state index in [0.29, 0.717) is 0 Å². The van der Waals surface area contributed by atoms with Crippen LogP contribution in [-0.2, 0) is 0 Å². The van der Waals surface area contributed by atoms with Crippen molar-refractivity contribution < 1.29 is 0 Å². The molecule has 0 saturated carbocycles. The van der Waals surface area contributed by atoms with Crippen molar-refractivity contribution in [3.63, 3.8) is 0 Å². The van der Waals surface area contributed by atoms with E-state index >= 15 is 0 Å². The van der Waals surface area contributed by atoms with Crippen LogP contribution in [0.5, 0.6) is 0 Å². The summed E-state index contributed by atoms with van der Waals surface area (Å²) in [5.74, 6) is 0. The fraction of sp³-hybridized carbons (Fsp3) is 0. The molecule has 0 atom stereocenters. The molecule has 34 heavy (non-hydrogen) atoms. The average Bonchev–Trinajstić information content (AvgIpc) is 3.44. The van der Waals surface area contributed by atoms with Gasteiger partial charge in [-0.25, -0.2) is 0 Å². The van der Waals surface area contributed by atoms with Crippen LogP contribution in [0.2, 0.25) is 0 Å². The molecule has 0 fully saturated rings. The predicted octanol–water partition coefficient (Wildman–Crippen LogP) is 9.81. The number of para-hydroxylation sites is 4.